The highest BCUT2D eigenvalue weighted by atomic mass is 32.2. The summed E-state index contributed by atoms with van der Waals surface area (Å²) in [5, 5.41) is 13.7. The number of anilines is 1. The van der Waals surface area contributed by atoms with Gasteiger partial charge in [-0.3, -0.25) is 9.69 Å². The van der Waals surface area contributed by atoms with Gasteiger partial charge in [0.15, 0.2) is 0 Å². The molecule has 0 saturated carbocycles. The van der Waals surface area contributed by atoms with Crippen molar-refractivity contribution in [2.45, 2.75) is 11.3 Å². The Morgan fingerprint density at radius 2 is 1.71 bits per heavy atom. The summed E-state index contributed by atoms with van der Waals surface area (Å²) in [6, 6.07) is 6.49. The summed E-state index contributed by atoms with van der Waals surface area (Å²) in [7, 11) is -3.66. The quantitative estimate of drug-likeness (QED) is 0.788. The van der Waals surface area contributed by atoms with Crippen LogP contribution in [0.4, 0.5) is 5.69 Å². The third kappa shape index (κ3) is 4.42. The van der Waals surface area contributed by atoms with Crippen molar-refractivity contribution in [3.05, 3.63) is 24.3 Å². The van der Waals surface area contributed by atoms with Gasteiger partial charge >= 0.3 is 5.97 Å². The Hall–Kier alpha value is -1.64. The second kappa shape index (κ2) is 6.42. The largest absolute Gasteiger partial charge is 0.481 e. The Labute approximate surface area is 124 Å². The van der Waals surface area contributed by atoms with Crippen molar-refractivity contribution in [3.8, 4) is 0 Å². The molecule has 0 amide bonds. The molecule has 3 N–H and O–H groups in total. The smallest absolute Gasteiger partial charge is 0.304 e. The van der Waals surface area contributed by atoms with E-state index in [0.29, 0.717) is 6.54 Å². The van der Waals surface area contributed by atoms with Gasteiger partial charge in [-0.2, -0.15) is 0 Å². The Balaban J connectivity index is 1.92. The molecule has 2 rings (SSSR count). The molecule has 0 bridgehead atoms. The predicted molar refractivity (Wildman–Crippen MR) is 78.7 cm³/mol. The van der Waals surface area contributed by atoms with E-state index in [4.69, 9.17) is 10.2 Å². The van der Waals surface area contributed by atoms with E-state index in [1.165, 1.54) is 12.1 Å². The molecule has 1 aliphatic heterocycles. The van der Waals surface area contributed by atoms with Crippen LogP contribution in [0.2, 0.25) is 0 Å². The fraction of sp³-hybridized carbons (Fsp3) is 0.462. The fourth-order valence-electron chi connectivity index (χ4n) is 2.33. The van der Waals surface area contributed by atoms with Gasteiger partial charge in [0.1, 0.15) is 0 Å². The van der Waals surface area contributed by atoms with Crippen LogP contribution in [0.25, 0.3) is 0 Å². The molecule has 0 atom stereocenters. The fourth-order valence-corrected chi connectivity index (χ4v) is 2.85. The molecule has 21 heavy (non-hydrogen) atoms. The van der Waals surface area contributed by atoms with Gasteiger partial charge in [-0.05, 0) is 24.3 Å². The summed E-state index contributed by atoms with van der Waals surface area (Å²) in [6.07, 6.45) is 0.156. The Morgan fingerprint density at radius 1 is 1.14 bits per heavy atom. The number of hydrogen-bond donors (Lipinski definition) is 2. The van der Waals surface area contributed by atoms with Gasteiger partial charge < -0.3 is 10.0 Å². The molecule has 8 heteroatoms. The van der Waals surface area contributed by atoms with Gasteiger partial charge in [-0.15, -0.1) is 0 Å². The first-order valence-electron chi connectivity index (χ1n) is 6.68. The maximum absolute atomic E-state index is 11.2. The second-order valence-corrected chi connectivity index (χ2v) is 6.57. The first kappa shape index (κ1) is 15.7. The Morgan fingerprint density at radius 3 is 2.19 bits per heavy atom. The van der Waals surface area contributed by atoms with E-state index in [1.807, 2.05) is 0 Å². The number of carboxylic acids is 1. The molecule has 0 spiro atoms. The number of aliphatic carboxylic acids is 1. The van der Waals surface area contributed by atoms with Crippen molar-refractivity contribution in [3.63, 3.8) is 0 Å². The van der Waals surface area contributed by atoms with E-state index in [0.717, 1.165) is 31.9 Å². The van der Waals surface area contributed by atoms with Crippen LogP contribution >= 0.6 is 0 Å². The highest BCUT2D eigenvalue weighted by Crippen LogP contribution is 2.19. The van der Waals surface area contributed by atoms with E-state index in [1.54, 1.807) is 12.1 Å². The van der Waals surface area contributed by atoms with Crippen LogP contribution in [-0.4, -0.2) is 57.1 Å². The number of rotatable bonds is 5. The van der Waals surface area contributed by atoms with Gasteiger partial charge in [-0.25, -0.2) is 13.6 Å². The Bertz CT molecular complexity index is 592. The zero-order valence-corrected chi connectivity index (χ0v) is 12.4. The molecule has 0 unspecified atom stereocenters. The number of carboxylic acid groups (broad SMARTS) is 1. The zero-order valence-electron chi connectivity index (χ0n) is 11.6. The van der Waals surface area contributed by atoms with E-state index < -0.39 is 16.0 Å². The highest BCUT2D eigenvalue weighted by Gasteiger charge is 2.18. The van der Waals surface area contributed by atoms with Crippen LogP contribution in [0.3, 0.4) is 0 Å². The molecular formula is C13H19N3O4S. The topological polar surface area (TPSA) is 104 Å². The van der Waals surface area contributed by atoms with Crippen LogP contribution in [0.5, 0.6) is 0 Å². The predicted octanol–water partition coefficient (Wildman–Crippen LogP) is -0.0693. The first-order valence-corrected chi connectivity index (χ1v) is 8.23. The number of nitrogens with two attached hydrogens (primary N) is 1. The summed E-state index contributed by atoms with van der Waals surface area (Å²) >= 11 is 0. The van der Waals surface area contributed by atoms with Crippen molar-refractivity contribution in [2.24, 2.45) is 5.14 Å². The maximum Gasteiger partial charge on any atom is 0.304 e. The van der Waals surface area contributed by atoms with Crippen LogP contribution in [0.1, 0.15) is 6.42 Å². The lowest BCUT2D eigenvalue weighted by molar-refractivity contribution is -0.137. The van der Waals surface area contributed by atoms with Crippen LogP contribution in [0, 0.1) is 0 Å². The summed E-state index contributed by atoms with van der Waals surface area (Å²) in [5.41, 5.74) is 0.945. The Kier molecular flexibility index (Phi) is 4.81. The molecule has 1 heterocycles. The third-order valence-corrected chi connectivity index (χ3v) is 4.47. The highest BCUT2D eigenvalue weighted by molar-refractivity contribution is 7.89. The number of primary sulfonamides is 1. The second-order valence-electron chi connectivity index (χ2n) is 5.01. The number of hydrogen-bond acceptors (Lipinski definition) is 5. The zero-order chi connectivity index (χ0) is 15.5. The van der Waals surface area contributed by atoms with Crippen molar-refractivity contribution in [1.82, 2.24) is 4.90 Å². The minimum Gasteiger partial charge on any atom is -0.481 e. The SMILES string of the molecule is NS(=O)(=O)c1ccc(N2CCN(CCC(=O)O)CC2)cc1. The first-order chi connectivity index (χ1) is 9.86. The summed E-state index contributed by atoms with van der Waals surface area (Å²) in [6.45, 7) is 3.73. The molecule has 0 radical (unpaired) electrons. The summed E-state index contributed by atoms with van der Waals surface area (Å²) in [5.74, 6) is -0.781. The monoisotopic (exact) mass is 313 g/mol. The third-order valence-electron chi connectivity index (χ3n) is 3.54. The standard InChI is InChI=1S/C13H19N3O4S/c14-21(19,20)12-3-1-11(2-4-12)16-9-7-15(8-10-16)6-5-13(17)18/h1-4H,5-10H2,(H,17,18)(H2,14,19,20). The summed E-state index contributed by atoms with van der Waals surface area (Å²) < 4.78 is 22.4. The number of piperazine rings is 1. The van der Waals surface area contributed by atoms with Crippen LogP contribution < -0.4 is 10.0 Å². The number of nitrogens with zero attached hydrogens (tertiary/aromatic N) is 2. The normalized spacial score (nSPS) is 16.9. The molecule has 116 valence electrons. The van der Waals surface area contributed by atoms with Crippen LogP contribution in [0.15, 0.2) is 29.2 Å². The van der Waals surface area contributed by atoms with Gasteiger partial charge in [0.05, 0.1) is 11.3 Å². The lowest BCUT2D eigenvalue weighted by Crippen LogP contribution is -2.46. The van der Waals surface area contributed by atoms with Gasteiger partial charge in [0, 0.05) is 38.4 Å². The van der Waals surface area contributed by atoms with E-state index >= 15 is 0 Å². The number of carbonyl (C=O) groups is 1. The van der Waals surface area contributed by atoms with E-state index in [2.05, 4.69) is 9.80 Å². The van der Waals surface area contributed by atoms with E-state index in [-0.39, 0.29) is 11.3 Å². The van der Waals surface area contributed by atoms with Crippen molar-refractivity contribution in [1.29, 1.82) is 0 Å². The average molecular weight is 313 g/mol. The molecule has 1 aromatic carbocycles. The minimum atomic E-state index is -3.66. The van der Waals surface area contributed by atoms with Crippen molar-refractivity contribution >= 4 is 21.7 Å². The minimum absolute atomic E-state index is 0.103. The van der Waals surface area contributed by atoms with Crippen LogP contribution in [-0.2, 0) is 14.8 Å². The molecule has 0 aliphatic carbocycles. The molecule has 7 nitrogen and oxygen atoms in total. The molecular weight excluding hydrogens is 294 g/mol. The average Bonchev–Trinajstić information content (AvgIpc) is 2.45. The van der Waals surface area contributed by atoms with Gasteiger partial charge in [0.2, 0.25) is 10.0 Å². The molecule has 1 aromatic rings. The lowest BCUT2D eigenvalue weighted by atomic mass is 10.2. The van der Waals surface area contributed by atoms with Crippen molar-refractivity contribution in [2.75, 3.05) is 37.6 Å². The van der Waals surface area contributed by atoms with Gasteiger partial charge in [0.25, 0.3) is 0 Å². The molecule has 1 aliphatic rings. The number of sulfonamides is 1. The lowest BCUT2D eigenvalue weighted by Gasteiger charge is -2.35. The number of benzene rings is 1. The van der Waals surface area contributed by atoms with E-state index in [9.17, 15) is 13.2 Å². The summed E-state index contributed by atoms with van der Waals surface area (Å²) in [4.78, 5) is 14.9. The van der Waals surface area contributed by atoms with Gasteiger partial charge in [-0.1, -0.05) is 0 Å². The van der Waals surface area contributed by atoms with Crippen molar-refractivity contribution < 1.29 is 18.3 Å². The molecule has 1 fully saturated rings. The molecule has 1 saturated heterocycles. The maximum atomic E-state index is 11.2. The molecule has 0 aromatic heterocycles.